The zero-order valence-corrected chi connectivity index (χ0v) is 17.2. The Bertz CT molecular complexity index is 767. The summed E-state index contributed by atoms with van der Waals surface area (Å²) in [6, 6.07) is 5.25. The molecule has 0 spiro atoms. The molecule has 2 heterocycles. The SMILES string of the molecule is CCCC[C@@]1(c2ccc(F)cc2)NC(=O)N(CC(=O)N2CCCC[C@@H]2CC)C1=O. The fraction of sp³-hybridized carbons (Fsp3) is 0.591. The predicted octanol–water partition coefficient (Wildman–Crippen LogP) is 3.55. The van der Waals surface area contributed by atoms with Crippen molar-refractivity contribution >= 4 is 17.8 Å². The summed E-state index contributed by atoms with van der Waals surface area (Å²) in [6.45, 7) is 4.46. The van der Waals surface area contributed by atoms with Crippen LogP contribution in [0.4, 0.5) is 9.18 Å². The number of benzene rings is 1. The minimum Gasteiger partial charge on any atom is -0.338 e. The molecule has 0 bridgehead atoms. The molecule has 0 aromatic heterocycles. The summed E-state index contributed by atoms with van der Waals surface area (Å²) in [6.07, 6.45) is 5.83. The Morgan fingerprint density at radius 2 is 1.93 bits per heavy atom. The van der Waals surface area contributed by atoms with E-state index in [0.29, 0.717) is 18.5 Å². The average Bonchev–Trinajstić information content (AvgIpc) is 2.97. The highest BCUT2D eigenvalue weighted by Gasteiger charge is 2.52. The molecule has 7 heteroatoms. The quantitative estimate of drug-likeness (QED) is 0.708. The van der Waals surface area contributed by atoms with E-state index >= 15 is 0 Å². The number of carbonyl (C=O) groups excluding carboxylic acids is 3. The first-order valence-electron chi connectivity index (χ1n) is 10.6. The normalized spacial score (nSPS) is 24.7. The van der Waals surface area contributed by atoms with Crippen LogP contribution in [0.5, 0.6) is 0 Å². The Kier molecular flexibility index (Phi) is 6.55. The summed E-state index contributed by atoms with van der Waals surface area (Å²) in [7, 11) is 0. The van der Waals surface area contributed by atoms with Crippen molar-refractivity contribution in [2.45, 2.75) is 70.4 Å². The highest BCUT2D eigenvalue weighted by atomic mass is 19.1. The van der Waals surface area contributed by atoms with Gasteiger partial charge < -0.3 is 10.2 Å². The Hall–Kier alpha value is -2.44. The van der Waals surface area contributed by atoms with Gasteiger partial charge in [0.15, 0.2) is 0 Å². The second-order valence-corrected chi connectivity index (χ2v) is 7.98. The Balaban J connectivity index is 1.83. The molecule has 0 radical (unpaired) electrons. The molecule has 0 saturated carbocycles. The lowest BCUT2D eigenvalue weighted by Gasteiger charge is -2.36. The summed E-state index contributed by atoms with van der Waals surface area (Å²) < 4.78 is 13.4. The second-order valence-electron chi connectivity index (χ2n) is 7.98. The highest BCUT2D eigenvalue weighted by Crippen LogP contribution is 2.34. The third-order valence-electron chi connectivity index (χ3n) is 6.13. The number of imide groups is 1. The van der Waals surface area contributed by atoms with Crippen molar-refractivity contribution in [3.05, 3.63) is 35.6 Å². The first kappa shape index (κ1) is 21.3. The van der Waals surface area contributed by atoms with Gasteiger partial charge in [-0.15, -0.1) is 0 Å². The maximum Gasteiger partial charge on any atom is 0.325 e. The maximum absolute atomic E-state index is 13.4. The van der Waals surface area contributed by atoms with Gasteiger partial charge in [0.05, 0.1) is 0 Å². The average molecular weight is 403 g/mol. The van der Waals surface area contributed by atoms with Crippen LogP contribution in [0.2, 0.25) is 0 Å². The molecule has 2 saturated heterocycles. The summed E-state index contributed by atoms with van der Waals surface area (Å²) in [5, 5.41) is 2.82. The minimum absolute atomic E-state index is 0.166. The van der Waals surface area contributed by atoms with Gasteiger partial charge in [-0.05, 0) is 49.8 Å². The Labute approximate surface area is 171 Å². The fourth-order valence-corrected chi connectivity index (χ4v) is 4.43. The van der Waals surface area contributed by atoms with Gasteiger partial charge in [0.25, 0.3) is 5.91 Å². The van der Waals surface area contributed by atoms with E-state index in [-0.39, 0.29) is 18.5 Å². The van der Waals surface area contributed by atoms with Crippen LogP contribution in [0, 0.1) is 5.82 Å². The van der Waals surface area contributed by atoms with E-state index in [1.54, 1.807) is 0 Å². The Morgan fingerprint density at radius 1 is 1.21 bits per heavy atom. The van der Waals surface area contributed by atoms with Gasteiger partial charge in [0, 0.05) is 12.6 Å². The smallest absolute Gasteiger partial charge is 0.325 e. The van der Waals surface area contributed by atoms with Gasteiger partial charge in [-0.3, -0.25) is 14.5 Å². The standard InChI is InChI=1S/C22H30FN3O3/c1-3-5-13-22(16-9-11-17(23)12-10-16)20(28)26(21(29)24-22)15-19(27)25-14-7-6-8-18(25)4-2/h9-12,18H,3-8,13-15H2,1-2H3,(H,24,29)/t18-,22-/m0/s1. The van der Waals surface area contributed by atoms with Gasteiger partial charge in [-0.25, -0.2) is 9.18 Å². The molecule has 29 heavy (non-hydrogen) atoms. The van der Waals surface area contributed by atoms with Gasteiger partial charge in [-0.2, -0.15) is 0 Å². The van der Waals surface area contributed by atoms with Crippen LogP contribution in [0.3, 0.4) is 0 Å². The van der Waals surface area contributed by atoms with Crippen LogP contribution < -0.4 is 5.32 Å². The summed E-state index contributed by atoms with van der Waals surface area (Å²) in [5.74, 6) is -1.02. The molecule has 1 aromatic rings. The molecular weight excluding hydrogens is 373 g/mol. The number of urea groups is 1. The topological polar surface area (TPSA) is 69.7 Å². The van der Waals surface area contributed by atoms with E-state index in [1.165, 1.54) is 24.3 Å². The van der Waals surface area contributed by atoms with Crippen LogP contribution in [0.1, 0.15) is 64.4 Å². The van der Waals surface area contributed by atoms with E-state index in [0.717, 1.165) is 43.4 Å². The number of carbonyl (C=O) groups is 3. The summed E-state index contributed by atoms with van der Waals surface area (Å²) in [5.41, 5.74) is -0.697. The third kappa shape index (κ3) is 4.14. The molecule has 2 aliphatic heterocycles. The maximum atomic E-state index is 13.4. The first-order chi connectivity index (χ1) is 13.9. The number of halogens is 1. The minimum atomic E-state index is -1.24. The fourth-order valence-electron chi connectivity index (χ4n) is 4.43. The number of hydrogen-bond donors (Lipinski definition) is 1. The molecule has 4 amide bonds. The second kappa shape index (κ2) is 8.93. The lowest BCUT2D eigenvalue weighted by atomic mass is 9.84. The molecule has 3 rings (SSSR count). The van der Waals surface area contributed by atoms with Crippen LogP contribution >= 0.6 is 0 Å². The van der Waals surface area contributed by atoms with E-state index in [4.69, 9.17) is 0 Å². The van der Waals surface area contributed by atoms with E-state index < -0.39 is 23.3 Å². The van der Waals surface area contributed by atoms with Crippen molar-refractivity contribution in [1.29, 1.82) is 0 Å². The number of hydrogen-bond acceptors (Lipinski definition) is 3. The monoisotopic (exact) mass is 403 g/mol. The van der Waals surface area contributed by atoms with Gasteiger partial charge in [0.2, 0.25) is 5.91 Å². The molecule has 2 aliphatic rings. The third-order valence-corrected chi connectivity index (χ3v) is 6.13. The highest BCUT2D eigenvalue weighted by molar-refractivity contribution is 6.09. The van der Waals surface area contributed by atoms with Crippen LogP contribution in [-0.2, 0) is 15.1 Å². The summed E-state index contributed by atoms with van der Waals surface area (Å²) in [4.78, 5) is 41.9. The van der Waals surface area contributed by atoms with E-state index in [2.05, 4.69) is 5.32 Å². The van der Waals surface area contributed by atoms with Gasteiger partial charge >= 0.3 is 6.03 Å². The molecule has 1 aromatic carbocycles. The Morgan fingerprint density at radius 3 is 2.59 bits per heavy atom. The lowest BCUT2D eigenvalue weighted by molar-refractivity contribution is -0.141. The number of nitrogens with zero attached hydrogens (tertiary/aromatic N) is 2. The van der Waals surface area contributed by atoms with Crippen molar-refractivity contribution < 1.29 is 18.8 Å². The first-order valence-corrected chi connectivity index (χ1v) is 10.6. The van der Waals surface area contributed by atoms with E-state index in [9.17, 15) is 18.8 Å². The number of likely N-dealkylation sites (tertiary alicyclic amines) is 1. The lowest BCUT2D eigenvalue weighted by Crippen LogP contribution is -2.49. The number of piperidine rings is 1. The number of rotatable bonds is 7. The van der Waals surface area contributed by atoms with Crippen LogP contribution in [0.15, 0.2) is 24.3 Å². The molecule has 2 atom stereocenters. The number of nitrogens with one attached hydrogen (secondary N) is 1. The van der Waals surface area contributed by atoms with Crippen molar-refractivity contribution in [1.82, 2.24) is 15.1 Å². The zero-order valence-electron chi connectivity index (χ0n) is 17.2. The van der Waals surface area contributed by atoms with Crippen molar-refractivity contribution in [2.24, 2.45) is 0 Å². The van der Waals surface area contributed by atoms with Crippen molar-refractivity contribution in [3.63, 3.8) is 0 Å². The predicted molar refractivity (Wildman–Crippen MR) is 107 cm³/mol. The van der Waals surface area contributed by atoms with Crippen LogP contribution in [0.25, 0.3) is 0 Å². The molecule has 1 N–H and O–H groups in total. The van der Waals surface area contributed by atoms with E-state index in [1.807, 2.05) is 18.7 Å². The zero-order chi connectivity index (χ0) is 21.0. The largest absolute Gasteiger partial charge is 0.338 e. The van der Waals surface area contributed by atoms with Gasteiger partial charge in [0.1, 0.15) is 17.9 Å². The van der Waals surface area contributed by atoms with Gasteiger partial charge in [-0.1, -0.05) is 38.8 Å². The van der Waals surface area contributed by atoms with Crippen LogP contribution in [-0.4, -0.2) is 46.8 Å². The van der Waals surface area contributed by atoms with Crippen molar-refractivity contribution in [2.75, 3.05) is 13.1 Å². The molecule has 0 unspecified atom stereocenters. The molecule has 6 nitrogen and oxygen atoms in total. The number of amides is 4. The molecule has 2 fully saturated rings. The summed E-state index contributed by atoms with van der Waals surface area (Å²) >= 11 is 0. The molecule has 0 aliphatic carbocycles. The molecule has 158 valence electrons. The number of unbranched alkanes of at least 4 members (excludes halogenated alkanes) is 1. The van der Waals surface area contributed by atoms with Crippen molar-refractivity contribution in [3.8, 4) is 0 Å². The molecular formula is C22H30FN3O3.